The molecule has 0 unspecified atom stereocenters. The van der Waals surface area contributed by atoms with Crippen LogP contribution in [-0.2, 0) is 26.1 Å². The van der Waals surface area contributed by atoms with E-state index in [0.717, 1.165) is 5.52 Å². The maximum atomic E-state index is 12.4. The summed E-state index contributed by atoms with van der Waals surface area (Å²) in [6, 6.07) is 5.46. The van der Waals surface area contributed by atoms with Crippen LogP contribution in [0.3, 0.4) is 0 Å². The van der Waals surface area contributed by atoms with Gasteiger partial charge in [-0.1, -0.05) is 17.4 Å². The summed E-state index contributed by atoms with van der Waals surface area (Å²) in [5.74, 6) is -1.31. The third-order valence-corrected chi connectivity index (χ3v) is 3.77. The van der Waals surface area contributed by atoms with Crippen molar-refractivity contribution in [1.29, 1.82) is 0 Å². The topological polar surface area (TPSA) is 86.6 Å². The van der Waals surface area contributed by atoms with E-state index in [1.54, 1.807) is 41.0 Å². The van der Waals surface area contributed by atoms with Crippen LogP contribution in [0.5, 0.6) is 0 Å². The van der Waals surface area contributed by atoms with Gasteiger partial charge in [0.2, 0.25) is 0 Å². The molecule has 2 heterocycles. The third-order valence-electron chi connectivity index (χ3n) is 3.77. The molecule has 0 atom stereocenters. The minimum absolute atomic E-state index is 0.0394. The second-order valence-electron chi connectivity index (χ2n) is 5.17. The first-order valence-electron chi connectivity index (χ1n) is 7.42. The minimum Gasteiger partial charge on any atom is -0.465 e. The normalized spacial score (nSPS) is 14.0. The van der Waals surface area contributed by atoms with Gasteiger partial charge in [0.05, 0.1) is 31.0 Å². The number of carbonyl (C=O) groups excluding carboxylic acids is 2. The number of methoxy groups -OCH3 is 2. The molecule has 1 aliphatic rings. The van der Waals surface area contributed by atoms with Crippen LogP contribution < -0.4 is 4.90 Å². The number of hydrogen-bond donors (Lipinski definition) is 0. The molecule has 0 radical (unpaired) electrons. The highest BCUT2D eigenvalue weighted by molar-refractivity contribution is 6.07. The first kappa shape index (κ1) is 16.4. The molecule has 0 spiro atoms. The summed E-state index contributed by atoms with van der Waals surface area (Å²) < 4.78 is 11.3. The second-order valence-corrected chi connectivity index (χ2v) is 5.17. The number of allylic oxidation sites excluding steroid dienone is 2. The van der Waals surface area contributed by atoms with Crippen LogP contribution in [0.25, 0.3) is 11.0 Å². The van der Waals surface area contributed by atoms with E-state index < -0.39 is 11.9 Å². The first-order valence-corrected chi connectivity index (χ1v) is 7.42. The fourth-order valence-electron chi connectivity index (χ4n) is 2.59. The van der Waals surface area contributed by atoms with E-state index in [-0.39, 0.29) is 11.3 Å². The summed E-state index contributed by atoms with van der Waals surface area (Å²) in [4.78, 5) is 26.2. The Kier molecular flexibility index (Phi) is 4.34. The Morgan fingerprint density at radius 2 is 1.84 bits per heavy atom. The van der Waals surface area contributed by atoms with Gasteiger partial charge < -0.3 is 14.4 Å². The molecule has 0 saturated heterocycles. The third kappa shape index (κ3) is 2.78. The average Bonchev–Trinajstić information content (AvgIpc) is 2.89. The number of aryl methyl sites for hydroxylation is 1. The predicted molar refractivity (Wildman–Crippen MR) is 90.3 cm³/mol. The van der Waals surface area contributed by atoms with E-state index in [2.05, 4.69) is 10.3 Å². The molecule has 8 heteroatoms. The van der Waals surface area contributed by atoms with Gasteiger partial charge in [0, 0.05) is 13.2 Å². The highest BCUT2D eigenvalue weighted by atomic mass is 16.5. The Morgan fingerprint density at radius 3 is 2.56 bits per heavy atom. The van der Waals surface area contributed by atoms with Crippen molar-refractivity contribution >= 4 is 28.7 Å². The Morgan fingerprint density at radius 1 is 1.08 bits per heavy atom. The van der Waals surface area contributed by atoms with Crippen LogP contribution >= 0.6 is 0 Å². The van der Waals surface area contributed by atoms with Gasteiger partial charge in [0.25, 0.3) is 0 Å². The van der Waals surface area contributed by atoms with E-state index >= 15 is 0 Å². The molecule has 1 aromatic carbocycles. The van der Waals surface area contributed by atoms with Crippen molar-refractivity contribution in [3.05, 3.63) is 53.9 Å². The highest BCUT2D eigenvalue weighted by Crippen LogP contribution is 2.31. The van der Waals surface area contributed by atoms with E-state index in [9.17, 15) is 9.59 Å². The number of anilines is 1. The van der Waals surface area contributed by atoms with Crippen molar-refractivity contribution in [3.63, 3.8) is 0 Å². The van der Waals surface area contributed by atoms with Crippen LogP contribution in [0.4, 0.5) is 5.69 Å². The lowest BCUT2D eigenvalue weighted by atomic mass is 10.1. The van der Waals surface area contributed by atoms with Gasteiger partial charge in [-0.2, -0.15) is 0 Å². The highest BCUT2D eigenvalue weighted by Gasteiger charge is 2.28. The van der Waals surface area contributed by atoms with Crippen LogP contribution in [0.15, 0.2) is 53.9 Å². The zero-order chi connectivity index (χ0) is 18.0. The molecule has 0 N–H and O–H groups in total. The first-order chi connectivity index (χ1) is 12.1. The Balaban J connectivity index is 2.27. The maximum Gasteiger partial charge on any atom is 0.355 e. The molecule has 8 nitrogen and oxygen atoms in total. The second kappa shape index (κ2) is 6.60. The molecule has 0 fully saturated rings. The van der Waals surface area contributed by atoms with Crippen molar-refractivity contribution in [2.24, 2.45) is 7.05 Å². The average molecular weight is 340 g/mol. The van der Waals surface area contributed by atoms with Crippen molar-refractivity contribution in [1.82, 2.24) is 15.0 Å². The number of benzene rings is 1. The van der Waals surface area contributed by atoms with E-state index in [4.69, 9.17) is 9.47 Å². The minimum atomic E-state index is -0.669. The van der Waals surface area contributed by atoms with Crippen LogP contribution in [-0.4, -0.2) is 41.2 Å². The Bertz CT molecular complexity index is 939. The van der Waals surface area contributed by atoms with Crippen molar-refractivity contribution in [2.75, 3.05) is 19.1 Å². The van der Waals surface area contributed by atoms with E-state index in [0.29, 0.717) is 11.2 Å². The van der Waals surface area contributed by atoms with Gasteiger partial charge in [-0.25, -0.2) is 14.3 Å². The van der Waals surface area contributed by atoms with Gasteiger partial charge >= 0.3 is 11.9 Å². The Labute approximate surface area is 143 Å². The molecule has 3 rings (SSSR count). The fraction of sp³-hybridized carbons (Fsp3) is 0.176. The smallest absolute Gasteiger partial charge is 0.355 e. The molecule has 2 aromatic rings. The maximum absolute atomic E-state index is 12.4. The lowest BCUT2D eigenvalue weighted by Gasteiger charge is -2.23. The van der Waals surface area contributed by atoms with E-state index in [1.165, 1.54) is 20.3 Å². The summed E-state index contributed by atoms with van der Waals surface area (Å²) >= 11 is 0. The molecular weight excluding hydrogens is 324 g/mol. The van der Waals surface area contributed by atoms with Crippen LogP contribution in [0.2, 0.25) is 0 Å². The molecule has 128 valence electrons. The number of aromatic nitrogens is 3. The number of esters is 2. The monoisotopic (exact) mass is 340 g/mol. The van der Waals surface area contributed by atoms with Gasteiger partial charge in [-0.3, -0.25) is 0 Å². The van der Waals surface area contributed by atoms with Gasteiger partial charge in [-0.05, 0) is 24.3 Å². The fourth-order valence-corrected chi connectivity index (χ4v) is 2.59. The molecule has 25 heavy (non-hydrogen) atoms. The summed E-state index contributed by atoms with van der Waals surface area (Å²) in [7, 11) is 4.28. The quantitative estimate of drug-likeness (QED) is 0.782. The van der Waals surface area contributed by atoms with Crippen LogP contribution in [0.1, 0.15) is 0 Å². The van der Waals surface area contributed by atoms with Crippen molar-refractivity contribution < 1.29 is 19.1 Å². The molecule has 0 amide bonds. The van der Waals surface area contributed by atoms with Gasteiger partial charge in [0.1, 0.15) is 11.2 Å². The zero-order valence-corrected chi connectivity index (χ0v) is 14.0. The largest absolute Gasteiger partial charge is 0.465 e. The summed E-state index contributed by atoms with van der Waals surface area (Å²) in [5, 5.41) is 8.17. The lowest BCUT2D eigenvalue weighted by Crippen LogP contribution is -2.27. The molecule has 1 aromatic heterocycles. The number of carbonyl (C=O) groups is 2. The molecule has 0 saturated carbocycles. The number of fused-ring (bicyclic) bond motifs is 1. The molecular formula is C17H16N4O4. The van der Waals surface area contributed by atoms with Crippen molar-refractivity contribution in [3.8, 4) is 0 Å². The summed E-state index contributed by atoms with van der Waals surface area (Å²) in [6.07, 6.45) is 6.51. The standard InChI is InChI=1S/C17H16N4O4/c1-20-12-8-6-9-13(14(12)18-19-20)21-10-5-4-7-11(16(22)24-2)15(21)17(23)25-3/h4-10H,1-3H3. The van der Waals surface area contributed by atoms with Gasteiger partial charge in [-0.15, -0.1) is 5.10 Å². The zero-order valence-electron chi connectivity index (χ0n) is 14.0. The lowest BCUT2D eigenvalue weighted by molar-refractivity contribution is -0.139. The van der Waals surface area contributed by atoms with E-state index in [1.807, 2.05) is 12.1 Å². The predicted octanol–water partition coefficient (Wildman–Crippen LogP) is 1.46. The van der Waals surface area contributed by atoms with Crippen molar-refractivity contribution in [2.45, 2.75) is 0 Å². The number of rotatable bonds is 3. The summed E-state index contributed by atoms with van der Waals surface area (Å²) in [5.41, 5.74) is 2.08. The molecule has 1 aliphatic heterocycles. The van der Waals surface area contributed by atoms with Crippen LogP contribution in [0, 0.1) is 0 Å². The Hall–Kier alpha value is -3.42. The number of nitrogens with zero attached hydrogens (tertiary/aromatic N) is 4. The number of hydrogen-bond acceptors (Lipinski definition) is 7. The number of ether oxygens (including phenoxy) is 2. The SMILES string of the molecule is COC(=O)C1=C(C(=O)OC)N(c2cccc3c2nnn3C)C=CC=C1. The summed E-state index contributed by atoms with van der Waals surface area (Å²) in [6.45, 7) is 0. The van der Waals surface area contributed by atoms with Gasteiger partial charge in [0.15, 0.2) is 0 Å². The molecule has 0 bridgehead atoms. The molecule has 0 aliphatic carbocycles.